The van der Waals surface area contributed by atoms with E-state index in [1.807, 2.05) is 30.3 Å². The molecule has 0 aliphatic carbocycles. The van der Waals surface area contributed by atoms with Crippen LogP contribution in [0.3, 0.4) is 0 Å². The number of hydrogen-bond acceptors (Lipinski definition) is 3. The minimum absolute atomic E-state index is 0.231. The summed E-state index contributed by atoms with van der Waals surface area (Å²) in [7, 11) is 3.18. The summed E-state index contributed by atoms with van der Waals surface area (Å²) in [5.74, 6) is 1.07. The first kappa shape index (κ1) is 17.3. The average molecular weight is 352 g/mol. The molecule has 3 rings (SSSR count). The van der Waals surface area contributed by atoms with Crippen molar-refractivity contribution in [3.63, 3.8) is 0 Å². The number of para-hydroxylation sites is 1. The highest BCUT2D eigenvalue weighted by Crippen LogP contribution is 2.19. The Morgan fingerprint density at radius 1 is 1.04 bits per heavy atom. The number of amides is 2. The number of carbonyl (C=O) groups excluding carboxylic acids is 1. The van der Waals surface area contributed by atoms with E-state index >= 15 is 0 Å². The summed E-state index contributed by atoms with van der Waals surface area (Å²) < 4.78 is 8.11. The number of nitrogens with zero attached hydrogens (tertiary/aromatic N) is 2. The first-order valence-corrected chi connectivity index (χ1v) is 8.07. The van der Waals surface area contributed by atoms with Gasteiger partial charge in [-0.3, -0.25) is 14.5 Å². The Balaban J connectivity index is 1.86. The van der Waals surface area contributed by atoms with Gasteiger partial charge in [0.2, 0.25) is 0 Å². The third kappa shape index (κ3) is 3.32. The van der Waals surface area contributed by atoms with Crippen molar-refractivity contribution in [2.45, 2.75) is 6.92 Å². The van der Waals surface area contributed by atoms with E-state index in [0.717, 1.165) is 5.69 Å². The number of aromatic nitrogens is 2. The molecule has 0 aliphatic rings. The van der Waals surface area contributed by atoms with Crippen LogP contribution in [0.25, 0.3) is 5.69 Å². The predicted octanol–water partition coefficient (Wildman–Crippen LogP) is 3.14. The fourth-order valence-electron chi connectivity index (χ4n) is 2.76. The van der Waals surface area contributed by atoms with Crippen molar-refractivity contribution >= 4 is 17.5 Å². The van der Waals surface area contributed by atoms with Crippen LogP contribution >= 0.6 is 0 Å². The number of rotatable bonds is 4. The summed E-state index contributed by atoms with van der Waals surface area (Å²) in [5, 5.41) is 5.48. The van der Waals surface area contributed by atoms with Crippen molar-refractivity contribution in [3.05, 3.63) is 70.8 Å². The molecule has 1 aromatic heterocycles. The van der Waals surface area contributed by atoms with Crippen LogP contribution in [0.4, 0.5) is 16.3 Å². The van der Waals surface area contributed by atoms with Gasteiger partial charge >= 0.3 is 11.7 Å². The lowest BCUT2D eigenvalue weighted by Gasteiger charge is -2.10. The van der Waals surface area contributed by atoms with Gasteiger partial charge in [-0.2, -0.15) is 0 Å². The van der Waals surface area contributed by atoms with Crippen molar-refractivity contribution in [2.75, 3.05) is 17.7 Å². The van der Waals surface area contributed by atoms with Crippen LogP contribution in [0, 0.1) is 6.92 Å². The molecule has 134 valence electrons. The van der Waals surface area contributed by atoms with E-state index in [4.69, 9.17) is 4.74 Å². The van der Waals surface area contributed by atoms with Crippen LogP contribution in [0.2, 0.25) is 0 Å². The smallest absolute Gasteiger partial charge is 0.334 e. The minimum Gasteiger partial charge on any atom is -0.497 e. The van der Waals surface area contributed by atoms with E-state index in [2.05, 4.69) is 10.6 Å². The Morgan fingerprint density at radius 3 is 2.46 bits per heavy atom. The molecule has 0 aliphatic heterocycles. The van der Waals surface area contributed by atoms with Gasteiger partial charge in [-0.15, -0.1) is 0 Å². The number of anilines is 2. The zero-order valence-corrected chi connectivity index (χ0v) is 14.8. The van der Waals surface area contributed by atoms with Crippen molar-refractivity contribution < 1.29 is 9.53 Å². The topological polar surface area (TPSA) is 77.3 Å². The average Bonchev–Trinajstić information content (AvgIpc) is 2.86. The molecule has 0 radical (unpaired) electrons. The minimum atomic E-state index is -0.442. The van der Waals surface area contributed by atoms with E-state index < -0.39 is 6.03 Å². The van der Waals surface area contributed by atoms with Gasteiger partial charge in [0.1, 0.15) is 11.6 Å². The summed E-state index contributed by atoms with van der Waals surface area (Å²) in [6.07, 6.45) is 0. The van der Waals surface area contributed by atoms with Gasteiger partial charge in [0.15, 0.2) is 0 Å². The first-order valence-electron chi connectivity index (χ1n) is 8.07. The van der Waals surface area contributed by atoms with E-state index in [0.29, 0.717) is 22.9 Å². The molecule has 7 nitrogen and oxygen atoms in total. The molecule has 7 heteroatoms. The molecule has 2 aromatic carbocycles. The number of hydrogen-bond donors (Lipinski definition) is 2. The second kappa shape index (κ2) is 7.18. The monoisotopic (exact) mass is 352 g/mol. The Morgan fingerprint density at radius 2 is 1.77 bits per heavy atom. The number of nitrogens with one attached hydrogen (secondary N) is 2. The summed E-state index contributed by atoms with van der Waals surface area (Å²) >= 11 is 0. The molecule has 0 bridgehead atoms. The molecule has 26 heavy (non-hydrogen) atoms. The SMILES string of the molecule is COc1cccc(NC(=O)Nc2c(C)n(-c3ccccc3)c(=O)n2C)c1. The summed E-state index contributed by atoms with van der Waals surface area (Å²) in [6, 6.07) is 15.9. The molecular formula is C19H20N4O3. The number of benzene rings is 2. The molecule has 2 N–H and O–H groups in total. The largest absolute Gasteiger partial charge is 0.497 e. The first-order chi connectivity index (χ1) is 12.5. The van der Waals surface area contributed by atoms with Gasteiger partial charge in [-0.25, -0.2) is 9.59 Å². The van der Waals surface area contributed by atoms with Crippen molar-refractivity contribution in [3.8, 4) is 11.4 Å². The second-order valence-corrected chi connectivity index (χ2v) is 5.76. The number of methoxy groups -OCH3 is 1. The molecule has 0 spiro atoms. The van der Waals surface area contributed by atoms with E-state index in [-0.39, 0.29) is 5.69 Å². The highest BCUT2D eigenvalue weighted by molar-refractivity contribution is 5.99. The maximum Gasteiger partial charge on any atom is 0.334 e. The lowest BCUT2D eigenvalue weighted by molar-refractivity contribution is 0.262. The maximum absolute atomic E-state index is 12.6. The van der Waals surface area contributed by atoms with Crippen LogP contribution in [0.5, 0.6) is 5.75 Å². The summed E-state index contributed by atoms with van der Waals surface area (Å²) in [4.78, 5) is 24.9. The van der Waals surface area contributed by atoms with E-state index in [9.17, 15) is 9.59 Å². The number of urea groups is 1. The second-order valence-electron chi connectivity index (χ2n) is 5.76. The van der Waals surface area contributed by atoms with E-state index in [1.54, 1.807) is 49.9 Å². The normalized spacial score (nSPS) is 10.4. The van der Waals surface area contributed by atoms with Gasteiger partial charge in [-0.05, 0) is 31.2 Å². The fourth-order valence-corrected chi connectivity index (χ4v) is 2.76. The lowest BCUT2D eigenvalue weighted by atomic mass is 10.3. The van der Waals surface area contributed by atoms with Crippen molar-refractivity contribution in [1.82, 2.24) is 9.13 Å². The zero-order valence-electron chi connectivity index (χ0n) is 14.8. The number of imidazole rings is 1. The highest BCUT2D eigenvalue weighted by atomic mass is 16.5. The molecule has 0 unspecified atom stereocenters. The third-order valence-electron chi connectivity index (χ3n) is 4.07. The highest BCUT2D eigenvalue weighted by Gasteiger charge is 2.17. The maximum atomic E-state index is 12.6. The molecule has 3 aromatic rings. The summed E-state index contributed by atoms with van der Waals surface area (Å²) in [5.41, 5.74) is 1.74. The van der Waals surface area contributed by atoms with Crippen molar-refractivity contribution in [1.29, 1.82) is 0 Å². The molecule has 1 heterocycles. The predicted molar refractivity (Wildman–Crippen MR) is 101 cm³/mol. The van der Waals surface area contributed by atoms with Crippen LogP contribution in [0.15, 0.2) is 59.4 Å². The quantitative estimate of drug-likeness (QED) is 0.757. The van der Waals surface area contributed by atoms with Gasteiger partial charge < -0.3 is 10.1 Å². The Hall–Kier alpha value is -3.48. The molecule has 2 amide bonds. The molecule has 0 atom stereocenters. The molecule has 0 saturated carbocycles. The fraction of sp³-hybridized carbons (Fsp3) is 0.158. The van der Waals surface area contributed by atoms with Crippen LogP contribution in [0.1, 0.15) is 5.69 Å². The van der Waals surface area contributed by atoms with Crippen LogP contribution in [-0.2, 0) is 7.05 Å². The summed E-state index contributed by atoms with van der Waals surface area (Å²) in [6.45, 7) is 1.79. The van der Waals surface area contributed by atoms with Gasteiger partial charge in [0.25, 0.3) is 0 Å². The van der Waals surface area contributed by atoms with Gasteiger partial charge in [0, 0.05) is 18.8 Å². The Kier molecular flexibility index (Phi) is 4.79. The molecular weight excluding hydrogens is 332 g/mol. The van der Waals surface area contributed by atoms with Crippen LogP contribution < -0.4 is 21.1 Å². The standard InChI is InChI=1S/C19H20N4O3/c1-13-17(21-18(24)20-14-8-7-11-16(12-14)26-3)22(2)19(25)23(13)15-9-5-4-6-10-15/h4-12H,1-3H3,(H2,20,21,24). The zero-order chi connectivity index (χ0) is 18.7. The van der Waals surface area contributed by atoms with Gasteiger partial charge in [0.05, 0.1) is 18.5 Å². The number of carbonyl (C=O) groups is 1. The lowest BCUT2D eigenvalue weighted by Crippen LogP contribution is -2.24. The molecule has 0 fully saturated rings. The van der Waals surface area contributed by atoms with Gasteiger partial charge in [-0.1, -0.05) is 24.3 Å². The third-order valence-corrected chi connectivity index (χ3v) is 4.07. The van der Waals surface area contributed by atoms with Crippen LogP contribution in [-0.4, -0.2) is 22.3 Å². The molecule has 0 saturated heterocycles. The Labute approximate surface area is 150 Å². The van der Waals surface area contributed by atoms with Crippen molar-refractivity contribution in [2.24, 2.45) is 7.05 Å². The Bertz CT molecular complexity index is 990. The van der Waals surface area contributed by atoms with E-state index in [1.165, 1.54) is 4.57 Å². The number of ether oxygens (including phenoxy) is 1.